The van der Waals surface area contributed by atoms with Gasteiger partial charge in [-0.05, 0) is 17.6 Å². The first-order chi connectivity index (χ1) is 7.20. The van der Waals surface area contributed by atoms with Crippen LogP contribution in [0.15, 0.2) is 65.9 Å². The number of aliphatic imine (C=N–C) groups is 1. The maximum atomic E-state index is 4.25. The van der Waals surface area contributed by atoms with Gasteiger partial charge in [0.05, 0.1) is 5.71 Å². The Bertz CT molecular complexity index is 376. The van der Waals surface area contributed by atoms with Gasteiger partial charge in [-0.15, -0.1) is 0 Å². The highest BCUT2D eigenvalue weighted by atomic mass is 14.7. The molecule has 1 heteroatoms. The summed E-state index contributed by atoms with van der Waals surface area (Å²) in [5.41, 5.74) is 3.31. The molecule has 78 valence electrons. The van der Waals surface area contributed by atoms with E-state index in [1.807, 2.05) is 24.3 Å². The van der Waals surface area contributed by atoms with Crippen molar-refractivity contribution < 1.29 is 0 Å². The summed E-state index contributed by atoms with van der Waals surface area (Å²) in [6, 6.07) is 0. The van der Waals surface area contributed by atoms with E-state index in [1.165, 1.54) is 5.57 Å². The van der Waals surface area contributed by atoms with Crippen LogP contribution in [0.3, 0.4) is 0 Å². The zero-order valence-corrected chi connectivity index (χ0v) is 9.40. The minimum absolute atomic E-state index is 0.448. The lowest BCUT2D eigenvalue weighted by Crippen LogP contribution is -2.06. The van der Waals surface area contributed by atoms with Crippen LogP contribution in [-0.2, 0) is 0 Å². The van der Waals surface area contributed by atoms with E-state index in [0.29, 0.717) is 5.92 Å². The molecule has 0 aromatic rings. The van der Waals surface area contributed by atoms with Crippen molar-refractivity contribution >= 4 is 5.71 Å². The van der Waals surface area contributed by atoms with Gasteiger partial charge in [-0.25, -0.2) is 0 Å². The monoisotopic (exact) mass is 199 g/mol. The number of rotatable bonds is 3. The van der Waals surface area contributed by atoms with Gasteiger partial charge in [-0.3, -0.25) is 4.99 Å². The van der Waals surface area contributed by atoms with Gasteiger partial charge in [0.1, 0.15) is 0 Å². The summed E-state index contributed by atoms with van der Waals surface area (Å²) in [5.74, 6) is 0.448. The van der Waals surface area contributed by atoms with E-state index >= 15 is 0 Å². The Morgan fingerprint density at radius 1 is 1.27 bits per heavy atom. The zero-order chi connectivity index (χ0) is 11.3. The van der Waals surface area contributed by atoms with Gasteiger partial charge in [0.2, 0.25) is 0 Å². The molecule has 0 saturated heterocycles. The molecule has 1 nitrogen and oxygen atoms in total. The normalized spacial score (nSPS) is 20.9. The molecule has 0 aromatic heterocycles. The largest absolute Gasteiger partial charge is 0.257 e. The van der Waals surface area contributed by atoms with Crippen LogP contribution in [0.2, 0.25) is 0 Å². The molecule has 0 N–H and O–H groups in total. The average Bonchev–Trinajstić information content (AvgIpc) is 2.21. The van der Waals surface area contributed by atoms with Gasteiger partial charge in [0.15, 0.2) is 0 Å². The molecule has 0 atom stereocenters. The first kappa shape index (κ1) is 11.4. The molecule has 15 heavy (non-hydrogen) atoms. The van der Waals surface area contributed by atoms with Crippen LogP contribution >= 0.6 is 0 Å². The predicted molar refractivity (Wildman–Crippen MR) is 68.0 cm³/mol. The van der Waals surface area contributed by atoms with Crippen LogP contribution in [-0.4, -0.2) is 5.71 Å². The van der Waals surface area contributed by atoms with Crippen LogP contribution in [0.25, 0.3) is 0 Å². The molecular formula is C14H17N. The minimum Gasteiger partial charge on any atom is -0.257 e. The maximum Gasteiger partial charge on any atom is 0.0704 e. The van der Waals surface area contributed by atoms with Crippen LogP contribution < -0.4 is 0 Å². The molecule has 0 bridgehead atoms. The van der Waals surface area contributed by atoms with Crippen LogP contribution in [0.5, 0.6) is 0 Å². The van der Waals surface area contributed by atoms with Crippen molar-refractivity contribution in [3.63, 3.8) is 0 Å². The van der Waals surface area contributed by atoms with Crippen molar-refractivity contribution in [2.24, 2.45) is 10.9 Å². The van der Waals surface area contributed by atoms with Gasteiger partial charge < -0.3 is 0 Å². The lowest BCUT2D eigenvalue weighted by atomic mass is 9.92. The average molecular weight is 199 g/mol. The topological polar surface area (TPSA) is 12.4 Å². The third-order valence-corrected chi connectivity index (χ3v) is 2.29. The van der Waals surface area contributed by atoms with Crippen molar-refractivity contribution in [1.82, 2.24) is 0 Å². The van der Waals surface area contributed by atoms with Crippen LogP contribution in [0, 0.1) is 5.92 Å². The fraction of sp³-hybridized carbons (Fsp3) is 0.214. The summed E-state index contributed by atoms with van der Waals surface area (Å²) in [6.07, 6.45) is 11.5. The van der Waals surface area contributed by atoms with Crippen LogP contribution in [0.1, 0.15) is 13.8 Å². The molecule has 0 fully saturated rings. The Kier molecular flexibility index (Phi) is 4.04. The van der Waals surface area contributed by atoms with E-state index in [0.717, 1.165) is 11.3 Å². The first-order valence-corrected chi connectivity index (χ1v) is 5.11. The molecule has 0 amide bonds. The lowest BCUT2D eigenvalue weighted by molar-refractivity contribution is 0.789. The predicted octanol–water partition coefficient (Wildman–Crippen LogP) is 3.84. The Hall–Kier alpha value is -1.63. The van der Waals surface area contributed by atoms with Crippen molar-refractivity contribution in [3.8, 4) is 0 Å². The fourth-order valence-electron chi connectivity index (χ4n) is 1.59. The van der Waals surface area contributed by atoms with Gasteiger partial charge in [0, 0.05) is 11.8 Å². The molecule has 0 aliphatic heterocycles. The Labute approximate surface area is 91.9 Å². The molecule has 0 saturated carbocycles. The molecule has 1 rings (SSSR count). The van der Waals surface area contributed by atoms with Gasteiger partial charge >= 0.3 is 0 Å². The number of allylic oxidation sites excluding steroid dienone is 7. The molecule has 0 heterocycles. The molecule has 0 aromatic carbocycles. The zero-order valence-electron chi connectivity index (χ0n) is 9.40. The highest BCUT2D eigenvalue weighted by molar-refractivity contribution is 6.12. The van der Waals surface area contributed by atoms with Gasteiger partial charge in [-0.1, -0.05) is 51.3 Å². The van der Waals surface area contributed by atoms with Crippen LogP contribution in [0.4, 0.5) is 0 Å². The maximum absolute atomic E-state index is 4.25. The number of nitrogens with zero attached hydrogens (tertiary/aromatic N) is 1. The van der Waals surface area contributed by atoms with Gasteiger partial charge in [0.25, 0.3) is 0 Å². The molecule has 1 aliphatic carbocycles. The quantitative estimate of drug-likeness (QED) is 0.655. The van der Waals surface area contributed by atoms with E-state index < -0.39 is 0 Å². The first-order valence-electron chi connectivity index (χ1n) is 5.11. The Morgan fingerprint density at radius 3 is 2.47 bits per heavy atom. The number of hydrogen-bond donors (Lipinski definition) is 0. The van der Waals surface area contributed by atoms with E-state index in [1.54, 1.807) is 6.20 Å². The highest BCUT2D eigenvalue weighted by Gasteiger charge is 2.10. The molecule has 0 radical (unpaired) electrons. The molecular weight excluding hydrogens is 182 g/mol. The smallest absolute Gasteiger partial charge is 0.0704 e. The third kappa shape index (κ3) is 2.66. The standard InChI is InChI=1S/C14H17N/c1-5-12(11(3)4)13-9-7-8-10-14(13)15-6-2/h5-11H,1-2H2,3-4H3/b13-12+,15-14?. The second-order valence-electron chi connectivity index (χ2n) is 3.64. The molecule has 1 aliphatic rings. The molecule has 0 spiro atoms. The lowest BCUT2D eigenvalue weighted by Gasteiger charge is -2.14. The molecule has 0 unspecified atom stereocenters. The van der Waals surface area contributed by atoms with Crippen molar-refractivity contribution in [2.75, 3.05) is 0 Å². The van der Waals surface area contributed by atoms with Crippen molar-refractivity contribution in [1.29, 1.82) is 0 Å². The minimum atomic E-state index is 0.448. The second-order valence-corrected chi connectivity index (χ2v) is 3.64. The Morgan fingerprint density at radius 2 is 1.93 bits per heavy atom. The summed E-state index contributed by atoms with van der Waals surface area (Å²) < 4.78 is 0. The third-order valence-electron chi connectivity index (χ3n) is 2.29. The van der Waals surface area contributed by atoms with E-state index in [9.17, 15) is 0 Å². The van der Waals surface area contributed by atoms with Gasteiger partial charge in [-0.2, -0.15) is 0 Å². The number of hydrogen-bond acceptors (Lipinski definition) is 1. The summed E-state index contributed by atoms with van der Waals surface area (Å²) >= 11 is 0. The highest BCUT2D eigenvalue weighted by Crippen LogP contribution is 2.21. The van der Waals surface area contributed by atoms with Crippen molar-refractivity contribution in [3.05, 3.63) is 60.9 Å². The SMILES string of the molecule is C=CN=C1C=CC=C/C1=C(/C=C)C(C)C. The van der Waals surface area contributed by atoms with E-state index in [2.05, 4.69) is 38.1 Å². The summed E-state index contributed by atoms with van der Waals surface area (Å²) in [6.45, 7) is 11.8. The Balaban J connectivity index is 3.26. The summed E-state index contributed by atoms with van der Waals surface area (Å²) in [5, 5.41) is 0. The van der Waals surface area contributed by atoms with E-state index in [4.69, 9.17) is 0 Å². The fourth-order valence-corrected chi connectivity index (χ4v) is 1.59. The second kappa shape index (κ2) is 5.30. The van der Waals surface area contributed by atoms with Crippen molar-refractivity contribution in [2.45, 2.75) is 13.8 Å². The summed E-state index contributed by atoms with van der Waals surface area (Å²) in [7, 11) is 0. The summed E-state index contributed by atoms with van der Waals surface area (Å²) in [4.78, 5) is 4.25. The van der Waals surface area contributed by atoms with E-state index in [-0.39, 0.29) is 0 Å².